The lowest BCUT2D eigenvalue weighted by Gasteiger charge is -2.19. The number of unbranched alkanes of at least 4 members (excludes halogenated alkanes) is 8. The fraction of sp³-hybridized carbons (Fsp3) is 0.889. The second-order valence-corrected chi connectivity index (χ2v) is 6.32. The normalized spacial score (nSPS) is 10.5. The van der Waals surface area contributed by atoms with Crippen LogP contribution in [0.5, 0.6) is 0 Å². The van der Waals surface area contributed by atoms with E-state index in [4.69, 9.17) is 10.2 Å². The Labute approximate surface area is 152 Å². The van der Waals surface area contributed by atoms with E-state index in [1.54, 1.807) is 4.90 Å². The molecule has 0 aliphatic rings. The van der Waals surface area contributed by atoms with Gasteiger partial charge in [0.25, 0.3) is 0 Å². The summed E-state index contributed by atoms with van der Waals surface area (Å²) in [6, 6.07) is 0. The molecular weight excluding hydrogens is 322 g/mol. The Morgan fingerprint density at radius 2 is 1.48 bits per heavy atom. The Morgan fingerprint density at radius 3 is 2.00 bits per heavy atom. The smallest absolute Gasteiger partial charge is 0.317 e. The van der Waals surface area contributed by atoms with Gasteiger partial charge in [-0.1, -0.05) is 58.3 Å². The first-order chi connectivity index (χ1) is 11.6. The monoisotopic (exact) mass is 362 g/mol. The summed E-state index contributed by atoms with van der Waals surface area (Å²) in [5, 5.41) is 20.5. The number of carboxylic acids is 1. The number of nitrogens with zero attached hydrogens (tertiary/aromatic N) is 1. The molecule has 7 N–H and O–H groups in total. The van der Waals surface area contributed by atoms with Gasteiger partial charge in [-0.3, -0.25) is 14.5 Å². The summed E-state index contributed by atoms with van der Waals surface area (Å²) in [5.74, 6) is -0.901. The van der Waals surface area contributed by atoms with Gasteiger partial charge in [0.05, 0.1) is 13.2 Å². The summed E-state index contributed by atoms with van der Waals surface area (Å²) in [4.78, 5) is 24.0. The van der Waals surface area contributed by atoms with E-state index in [0.29, 0.717) is 26.1 Å². The second kappa shape index (κ2) is 19.1. The molecule has 0 spiro atoms. The number of carboxylic acid groups (broad SMARTS) is 1. The summed E-state index contributed by atoms with van der Waals surface area (Å²) in [6.07, 6.45) is 11.6. The number of quaternary nitrogens is 1. The largest absolute Gasteiger partial charge is 0.480 e. The number of aliphatic carboxylic acids is 1. The van der Waals surface area contributed by atoms with Gasteiger partial charge in [0.1, 0.15) is 0 Å². The molecule has 0 atom stereocenters. The molecule has 0 heterocycles. The molecule has 7 heteroatoms. The molecule has 0 rings (SSSR count). The molecule has 0 aromatic rings. The molecule has 1 amide bonds. The Morgan fingerprint density at radius 1 is 0.920 bits per heavy atom. The first-order valence-corrected chi connectivity index (χ1v) is 9.41. The van der Waals surface area contributed by atoms with Crippen LogP contribution >= 0.6 is 0 Å². The number of hydrogen-bond acceptors (Lipinski definition) is 4. The molecule has 0 saturated heterocycles. The lowest BCUT2D eigenvalue weighted by molar-refractivity contribution is -0.138. The summed E-state index contributed by atoms with van der Waals surface area (Å²) in [7, 11) is 0. The molecule has 0 aliphatic heterocycles. The van der Waals surface area contributed by atoms with Crippen molar-refractivity contribution >= 4 is 11.9 Å². The van der Waals surface area contributed by atoms with Gasteiger partial charge in [-0.2, -0.15) is 0 Å². The fourth-order valence-corrected chi connectivity index (χ4v) is 2.64. The van der Waals surface area contributed by atoms with Gasteiger partial charge in [0, 0.05) is 26.1 Å². The van der Waals surface area contributed by atoms with Crippen LogP contribution in [0.15, 0.2) is 0 Å². The zero-order chi connectivity index (χ0) is 18.0. The molecule has 25 heavy (non-hydrogen) atoms. The van der Waals surface area contributed by atoms with Gasteiger partial charge in [0.2, 0.25) is 5.91 Å². The molecule has 0 saturated carbocycles. The summed E-state index contributed by atoms with van der Waals surface area (Å²) in [6.45, 7) is 3.19. The summed E-state index contributed by atoms with van der Waals surface area (Å²) < 4.78 is 0. The molecule has 0 aromatic heterocycles. The van der Waals surface area contributed by atoms with Crippen LogP contribution in [0, 0.1) is 0 Å². The van der Waals surface area contributed by atoms with Crippen molar-refractivity contribution in [3.63, 3.8) is 0 Å². The highest BCUT2D eigenvalue weighted by Gasteiger charge is 2.09. The van der Waals surface area contributed by atoms with E-state index in [0.717, 1.165) is 12.8 Å². The Kier molecular flexibility index (Phi) is 20.0. The lowest BCUT2D eigenvalue weighted by atomic mass is 10.1. The zero-order valence-corrected chi connectivity index (χ0v) is 16.3. The maximum Gasteiger partial charge on any atom is 0.317 e. The van der Waals surface area contributed by atoms with Crippen LogP contribution < -0.4 is 11.5 Å². The highest BCUT2D eigenvalue weighted by atomic mass is 16.4. The average molecular weight is 363 g/mol. The molecule has 150 valence electrons. The van der Waals surface area contributed by atoms with E-state index in [1.165, 1.54) is 44.9 Å². The molecule has 0 aromatic carbocycles. The fourth-order valence-electron chi connectivity index (χ4n) is 2.64. The number of amides is 1. The minimum absolute atomic E-state index is 0. The van der Waals surface area contributed by atoms with Crippen molar-refractivity contribution in [2.24, 2.45) is 0 Å². The van der Waals surface area contributed by atoms with Crippen LogP contribution in [0.3, 0.4) is 0 Å². The number of carbonyl (C=O) groups excluding carboxylic acids is 1. The predicted molar refractivity (Wildman–Crippen MR) is 102 cm³/mol. The lowest BCUT2D eigenvalue weighted by Crippen LogP contribution is -2.39. The van der Waals surface area contributed by atoms with Crippen LogP contribution in [0.4, 0.5) is 0 Å². The highest BCUT2D eigenvalue weighted by molar-refractivity contribution is 5.75. The van der Waals surface area contributed by atoms with E-state index < -0.39 is 5.97 Å². The molecular formula is C18H40N3O4+. The first kappa shape index (κ1) is 26.1. The number of carbonyl (C=O) groups is 2. The second-order valence-electron chi connectivity index (χ2n) is 6.32. The first-order valence-electron chi connectivity index (χ1n) is 9.41. The van der Waals surface area contributed by atoms with E-state index in [1.807, 2.05) is 0 Å². The number of rotatable bonds is 17. The maximum absolute atomic E-state index is 11.7. The Hall–Kier alpha value is -1.18. The van der Waals surface area contributed by atoms with Crippen molar-refractivity contribution in [2.45, 2.75) is 71.1 Å². The predicted octanol–water partition coefficient (Wildman–Crippen LogP) is 2.78. The van der Waals surface area contributed by atoms with Crippen LogP contribution in [-0.2, 0) is 9.59 Å². The van der Waals surface area contributed by atoms with Gasteiger partial charge in [-0.05, 0) is 6.42 Å². The van der Waals surface area contributed by atoms with E-state index in [2.05, 4.69) is 12.2 Å². The van der Waals surface area contributed by atoms with E-state index in [-0.39, 0.29) is 25.2 Å². The SMILES string of the molecule is CCCCCCCCCCCC(=O)NCCN(CCO)CC(=O)O.[NH4+]. The van der Waals surface area contributed by atoms with Gasteiger partial charge in [-0.25, -0.2) is 0 Å². The minimum Gasteiger partial charge on any atom is -0.480 e. The average Bonchev–Trinajstić information content (AvgIpc) is 2.53. The van der Waals surface area contributed by atoms with Crippen molar-refractivity contribution in [3.8, 4) is 0 Å². The van der Waals surface area contributed by atoms with E-state index in [9.17, 15) is 9.59 Å². The standard InChI is InChI=1S/C18H36N2O4.H3N/c1-2-3-4-5-6-7-8-9-10-11-17(22)19-12-13-20(14-15-21)16-18(23)24;/h21H,2-16H2,1H3,(H,19,22)(H,23,24);1H3/p+1. The third-order valence-corrected chi connectivity index (χ3v) is 4.03. The van der Waals surface area contributed by atoms with Crippen molar-refractivity contribution in [1.82, 2.24) is 16.4 Å². The molecule has 0 radical (unpaired) electrons. The van der Waals surface area contributed by atoms with Crippen molar-refractivity contribution in [3.05, 3.63) is 0 Å². The van der Waals surface area contributed by atoms with Crippen LogP contribution in [0.1, 0.15) is 71.1 Å². The van der Waals surface area contributed by atoms with Gasteiger partial charge in [-0.15, -0.1) is 0 Å². The third kappa shape index (κ3) is 19.0. The van der Waals surface area contributed by atoms with E-state index >= 15 is 0 Å². The Balaban J connectivity index is 0. The maximum atomic E-state index is 11.7. The molecule has 0 unspecified atom stereocenters. The van der Waals surface area contributed by atoms with Gasteiger partial charge in [0.15, 0.2) is 0 Å². The minimum atomic E-state index is -0.926. The van der Waals surface area contributed by atoms with Crippen molar-refractivity contribution in [2.75, 3.05) is 32.8 Å². The number of hydrogen-bond donors (Lipinski definition) is 4. The quantitative estimate of drug-likeness (QED) is 0.296. The molecule has 0 aliphatic carbocycles. The summed E-state index contributed by atoms with van der Waals surface area (Å²) in [5.41, 5.74) is 0. The molecule has 7 nitrogen and oxygen atoms in total. The molecule has 0 bridgehead atoms. The highest BCUT2D eigenvalue weighted by Crippen LogP contribution is 2.10. The Bertz CT molecular complexity index is 327. The van der Waals surface area contributed by atoms with Crippen molar-refractivity contribution in [1.29, 1.82) is 0 Å². The number of aliphatic hydroxyl groups is 1. The van der Waals surface area contributed by atoms with Gasteiger partial charge >= 0.3 is 5.97 Å². The van der Waals surface area contributed by atoms with Crippen LogP contribution in [0.2, 0.25) is 0 Å². The van der Waals surface area contributed by atoms with Gasteiger partial charge < -0.3 is 21.7 Å². The number of aliphatic hydroxyl groups excluding tert-OH is 1. The third-order valence-electron chi connectivity index (χ3n) is 4.03. The summed E-state index contributed by atoms with van der Waals surface area (Å²) >= 11 is 0. The number of nitrogens with one attached hydrogen (secondary N) is 1. The van der Waals surface area contributed by atoms with Crippen LogP contribution in [-0.4, -0.2) is 59.8 Å². The zero-order valence-electron chi connectivity index (χ0n) is 16.3. The topological polar surface area (TPSA) is 126 Å². The van der Waals surface area contributed by atoms with Crippen molar-refractivity contribution < 1.29 is 19.8 Å². The van der Waals surface area contributed by atoms with Crippen LogP contribution in [0.25, 0.3) is 0 Å². The molecule has 0 fully saturated rings.